The first-order chi connectivity index (χ1) is 12.6. The highest BCUT2D eigenvalue weighted by molar-refractivity contribution is 5.92. The summed E-state index contributed by atoms with van der Waals surface area (Å²) in [6.07, 6.45) is 0.755. The third-order valence-corrected chi connectivity index (χ3v) is 4.20. The second-order valence-corrected chi connectivity index (χ2v) is 6.13. The number of rotatable bonds is 6. The van der Waals surface area contributed by atoms with Crippen LogP contribution < -0.4 is 5.56 Å². The minimum atomic E-state index is -0.236. The summed E-state index contributed by atoms with van der Waals surface area (Å²) < 4.78 is 1.19. The minimum Gasteiger partial charge on any atom is -0.333 e. The third-order valence-electron chi connectivity index (χ3n) is 4.20. The molecule has 5 heteroatoms. The number of carbonyl (C=O) groups excluding carboxylic acids is 1. The standard InChI is InChI=1S/C21H21N3O2/c1-23-20(25)13-12-19(22-23)21(26)24(16-18-10-6-3-7-11-18)15-14-17-8-4-2-5-9-17/h2-13H,14-16H2,1H3. The number of aryl methyl sites for hydroxylation is 1. The van der Waals surface area contributed by atoms with Gasteiger partial charge >= 0.3 is 0 Å². The first-order valence-corrected chi connectivity index (χ1v) is 8.55. The average molecular weight is 347 g/mol. The zero-order valence-corrected chi connectivity index (χ0v) is 14.7. The topological polar surface area (TPSA) is 55.2 Å². The number of hydrogen-bond acceptors (Lipinski definition) is 3. The number of benzene rings is 2. The molecule has 0 saturated carbocycles. The van der Waals surface area contributed by atoms with Gasteiger partial charge < -0.3 is 4.90 Å². The lowest BCUT2D eigenvalue weighted by molar-refractivity contribution is 0.0736. The van der Waals surface area contributed by atoms with E-state index in [9.17, 15) is 9.59 Å². The van der Waals surface area contributed by atoms with Crippen LogP contribution in [0.1, 0.15) is 21.6 Å². The van der Waals surface area contributed by atoms with Gasteiger partial charge in [-0.2, -0.15) is 5.10 Å². The molecule has 5 nitrogen and oxygen atoms in total. The molecule has 0 saturated heterocycles. The lowest BCUT2D eigenvalue weighted by Crippen LogP contribution is -2.34. The second kappa shape index (κ2) is 8.25. The predicted molar refractivity (Wildman–Crippen MR) is 101 cm³/mol. The van der Waals surface area contributed by atoms with Crippen molar-refractivity contribution in [1.82, 2.24) is 14.7 Å². The smallest absolute Gasteiger partial charge is 0.274 e. The van der Waals surface area contributed by atoms with Crippen LogP contribution in [0.2, 0.25) is 0 Å². The largest absolute Gasteiger partial charge is 0.333 e. The number of hydrogen-bond donors (Lipinski definition) is 0. The molecule has 0 radical (unpaired) electrons. The van der Waals surface area contributed by atoms with Crippen LogP contribution in [0.25, 0.3) is 0 Å². The Labute approximate surface area is 152 Å². The van der Waals surface area contributed by atoms with Crippen LogP contribution in [0.15, 0.2) is 77.6 Å². The molecule has 0 fully saturated rings. The summed E-state index contributed by atoms with van der Waals surface area (Å²) in [5.74, 6) is -0.180. The van der Waals surface area contributed by atoms with E-state index in [0.29, 0.717) is 13.1 Å². The highest BCUT2D eigenvalue weighted by Gasteiger charge is 2.18. The number of nitrogens with zero attached hydrogens (tertiary/aromatic N) is 3. The van der Waals surface area contributed by atoms with Gasteiger partial charge in [-0.25, -0.2) is 4.68 Å². The zero-order valence-electron chi connectivity index (χ0n) is 14.7. The molecule has 0 aliphatic heterocycles. The maximum atomic E-state index is 13.0. The fourth-order valence-corrected chi connectivity index (χ4v) is 2.74. The van der Waals surface area contributed by atoms with Gasteiger partial charge in [-0.05, 0) is 23.6 Å². The van der Waals surface area contributed by atoms with E-state index < -0.39 is 0 Å². The molecule has 26 heavy (non-hydrogen) atoms. The van der Waals surface area contributed by atoms with E-state index in [1.807, 2.05) is 48.5 Å². The molecular formula is C21H21N3O2. The van der Waals surface area contributed by atoms with Crippen LogP contribution in [0.5, 0.6) is 0 Å². The molecule has 0 N–H and O–H groups in total. The lowest BCUT2D eigenvalue weighted by Gasteiger charge is -2.22. The first-order valence-electron chi connectivity index (χ1n) is 8.55. The van der Waals surface area contributed by atoms with Gasteiger partial charge in [-0.1, -0.05) is 60.7 Å². The van der Waals surface area contributed by atoms with Crippen molar-refractivity contribution in [2.45, 2.75) is 13.0 Å². The highest BCUT2D eigenvalue weighted by Crippen LogP contribution is 2.10. The van der Waals surface area contributed by atoms with Crippen molar-refractivity contribution in [3.05, 3.63) is 100.0 Å². The first kappa shape index (κ1) is 17.6. The van der Waals surface area contributed by atoms with E-state index in [4.69, 9.17) is 0 Å². The van der Waals surface area contributed by atoms with Crippen molar-refractivity contribution in [1.29, 1.82) is 0 Å². The van der Waals surface area contributed by atoms with Crippen molar-refractivity contribution in [3.63, 3.8) is 0 Å². The summed E-state index contributed by atoms with van der Waals surface area (Å²) in [7, 11) is 1.55. The third kappa shape index (κ3) is 4.45. The molecular weight excluding hydrogens is 326 g/mol. The molecule has 3 aromatic rings. The Kier molecular flexibility index (Phi) is 5.59. The van der Waals surface area contributed by atoms with E-state index >= 15 is 0 Å². The molecule has 0 aliphatic rings. The summed E-state index contributed by atoms with van der Waals surface area (Å²) in [6.45, 7) is 1.07. The molecule has 1 aromatic heterocycles. The van der Waals surface area contributed by atoms with Crippen LogP contribution in [-0.2, 0) is 20.0 Å². The van der Waals surface area contributed by atoms with Crippen molar-refractivity contribution in [3.8, 4) is 0 Å². The summed E-state index contributed by atoms with van der Waals surface area (Å²) >= 11 is 0. The van der Waals surface area contributed by atoms with Gasteiger partial charge in [0.1, 0.15) is 5.69 Å². The lowest BCUT2D eigenvalue weighted by atomic mass is 10.1. The minimum absolute atomic E-state index is 0.180. The van der Waals surface area contributed by atoms with Gasteiger partial charge in [-0.3, -0.25) is 9.59 Å². The summed E-state index contributed by atoms with van der Waals surface area (Å²) in [6, 6.07) is 22.8. The van der Waals surface area contributed by atoms with Gasteiger partial charge in [-0.15, -0.1) is 0 Å². The molecule has 1 heterocycles. The van der Waals surface area contributed by atoms with Gasteiger partial charge in [0.2, 0.25) is 0 Å². The summed E-state index contributed by atoms with van der Waals surface area (Å²) in [5, 5.41) is 4.10. The maximum Gasteiger partial charge on any atom is 0.274 e. The summed E-state index contributed by atoms with van der Waals surface area (Å²) in [5.41, 5.74) is 2.27. The van der Waals surface area contributed by atoms with Gasteiger partial charge in [0.05, 0.1) is 0 Å². The quantitative estimate of drug-likeness (QED) is 0.689. The van der Waals surface area contributed by atoms with Crippen LogP contribution >= 0.6 is 0 Å². The monoisotopic (exact) mass is 347 g/mol. The van der Waals surface area contributed by atoms with E-state index in [1.165, 1.54) is 22.4 Å². The molecule has 3 rings (SSSR count). The van der Waals surface area contributed by atoms with Crippen molar-refractivity contribution >= 4 is 5.91 Å². The average Bonchev–Trinajstić information content (AvgIpc) is 2.68. The predicted octanol–water partition coefficient (Wildman–Crippen LogP) is 2.67. The van der Waals surface area contributed by atoms with E-state index in [2.05, 4.69) is 17.2 Å². The maximum absolute atomic E-state index is 13.0. The number of carbonyl (C=O) groups is 1. The number of aromatic nitrogens is 2. The molecule has 0 atom stereocenters. The van der Waals surface area contributed by atoms with Gasteiger partial charge in [0, 0.05) is 26.2 Å². The molecule has 0 unspecified atom stereocenters. The molecule has 0 spiro atoms. The van der Waals surface area contributed by atoms with E-state index in [0.717, 1.165) is 12.0 Å². The summed E-state index contributed by atoms with van der Waals surface area (Å²) in [4.78, 5) is 26.3. The van der Waals surface area contributed by atoms with Crippen LogP contribution in [0.3, 0.4) is 0 Å². The van der Waals surface area contributed by atoms with Crippen LogP contribution in [0.4, 0.5) is 0 Å². The molecule has 132 valence electrons. The van der Waals surface area contributed by atoms with Gasteiger partial charge in [0.25, 0.3) is 11.5 Å². The van der Waals surface area contributed by atoms with E-state index in [-0.39, 0.29) is 17.2 Å². The van der Waals surface area contributed by atoms with Crippen molar-refractivity contribution in [2.24, 2.45) is 7.05 Å². The zero-order chi connectivity index (χ0) is 18.4. The Morgan fingerprint density at radius 3 is 2.15 bits per heavy atom. The van der Waals surface area contributed by atoms with Crippen molar-refractivity contribution < 1.29 is 4.79 Å². The Morgan fingerprint density at radius 2 is 1.54 bits per heavy atom. The molecule has 1 amide bonds. The van der Waals surface area contributed by atoms with E-state index in [1.54, 1.807) is 11.9 Å². The fourth-order valence-electron chi connectivity index (χ4n) is 2.74. The highest BCUT2D eigenvalue weighted by atomic mass is 16.2. The molecule has 0 aliphatic carbocycles. The normalized spacial score (nSPS) is 10.5. The van der Waals surface area contributed by atoms with Crippen molar-refractivity contribution in [2.75, 3.05) is 6.54 Å². The van der Waals surface area contributed by atoms with Crippen LogP contribution in [0, 0.1) is 0 Å². The Balaban J connectivity index is 1.82. The number of amides is 1. The Hall–Kier alpha value is -3.21. The Bertz CT molecular complexity index is 921. The van der Waals surface area contributed by atoms with Gasteiger partial charge in [0.15, 0.2) is 0 Å². The SMILES string of the molecule is Cn1nc(C(=O)N(CCc2ccccc2)Cc2ccccc2)ccc1=O. The van der Waals surface area contributed by atoms with Crippen LogP contribution in [-0.4, -0.2) is 27.1 Å². The second-order valence-electron chi connectivity index (χ2n) is 6.13. The molecule has 0 bridgehead atoms. The Morgan fingerprint density at radius 1 is 0.923 bits per heavy atom. The molecule has 2 aromatic carbocycles. The fraction of sp³-hybridized carbons (Fsp3) is 0.190.